The largest absolute Gasteiger partial charge is 0.455 e. The first-order chi connectivity index (χ1) is 23.1. The van der Waals surface area contributed by atoms with Crippen LogP contribution >= 0.6 is 11.7 Å². The van der Waals surface area contributed by atoms with Crippen molar-refractivity contribution in [1.29, 1.82) is 0 Å². The van der Waals surface area contributed by atoms with Gasteiger partial charge in [-0.15, -0.1) is 0 Å². The van der Waals surface area contributed by atoms with Crippen molar-refractivity contribution in [3.8, 4) is 33.8 Å². The maximum absolute atomic E-state index is 11.3. The highest BCUT2D eigenvalue weighted by molar-refractivity contribution is 7.00. The van der Waals surface area contributed by atoms with Crippen LogP contribution in [-0.2, 0) is 0 Å². The summed E-state index contributed by atoms with van der Waals surface area (Å²) in [4.78, 5) is 13.0. The summed E-state index contributed by atoms with van der Waals surface area (Å²) in [5, 5.41) is 18.8. The number of hydrogen-bond acceptors (Lipinski definition) is 10. The lowest BCUT2D eigenvalue weighted by molar-refractivity contribution is -0.383. The molecule has 8 rings (SSSR count). The van der Waals surface area contributed by atoms with Crippen LogP contribution in [0.25, 0.3) is 44.3 Å². The second-order valence-corrected chi connectivity index (χ2v) is 11.1. The normalized spacial score (nSPS) is 11.1. The number of nitrogens with zero attached hydrogens (tertiary/aromatic N) is 6. The lowest BCUT2D eigenvalue weighted by Crippen LogP contribution is -2.09. The number of benzene rings is 6. The molecule has 0 spiro atoms. The van der Waals surface area contributed by atoms with Gasteiger partial charge in [0.1, 0.15) is 16.8 Å². The van der Waals surface area contributed by atoms with Gasteiger partial charge in [-0.1, -0.05) is 72.8 Å². The van der Waals surface area contributed by atoms with Gasteiger partial charge in [-0.05, 0) is 76.0 Å². The summed E-state index contributed by atoms with van der Waals surface area (Å²) in [6.45, 7) is 0. The molecule has 0 saturated carbocycles. The third-order valence-corrected chi connectivity index (χ3v) is 8.36. The molecule has 0 amide bonds. The van der Waals surface area contributed by atoms with Crippen LogP contribution in [0.15, 0.2) is 138 Å². The van der Waals surface area contributed by atoms with Gasteiger partial charge in [-0.3, -0.25) is 10.1 Å². The van der Waals surface area contributed by atoms with E-state index in [2.05, 4.69) is 84.6 Å². The average molecular weight is 635 g/mol. The van der Waals surface area contributed by atoms with Crippen molar-refractivity contribution in [1.82, 2.24) is 19.1 Å². The Hall–Kier alpha value is -6.46. The predicted molar refractivity (Wildman–Crippen MR) is 182 cm³/mol. The fraction of sp³-hybridized carbons (Fsp3) is 0. The molecule has 6 aromatic carbocycles. The zero-order valence-corrected chi connectivity index (χ0v) is 25.2. The Bertz CT molecular complexity index is 2320. The predicted octanol–water partition coefficient (Wildman–Crippen LogP) is 9.73. The third-order valence-electron chi connectivity index (χ3n) is 7.83. The van der Waals surface area contributed by atoms with Crippen molar-refractivity contribution in [2.75, 3.05) is 4.90 Å². The van der Waals surface area contributed by atoms with Gasteiger partial charge in [-0.25, -0.2) is 4.63 Å². The Morgan fingerprint density at radius 2 is 1.13 bits per heavy atom. The van der Waals surface area contributed by atoms with E-state index in [0.29, 0.717) is 11.5 Å². The van der Waals surface area contributed by atoms with Gasteiger partial charge in [0.2, 0.25) is 5.52 Å². The van der Waals surface area contributed by atoms with Crippen LogP contribution in [0.5, 0.6) is 11.5 Å². The van der Waals surface area contributed by atoms with E-state index in [4.69, 9.17) is 9.37 Å². The van der Waals surface area contributed by atoms with Crippen LogP contribution in [0.1, 0.15) is 0 Å². The second kappa shape index (κ2) is 11.8. The van der Waals surface area contributed by atoms with Crippen molar-refractivity contribution in [3.63, 3.8) is 0 Å². The molecule has 226 valence electrons. The van der Waals surface area contributed by atoms with Crippen molar-refractivity contribution >= 4 is 56.5 Å². The highest BCUT2D eigenvalue weighted by Crippen LogP contribution is 2.39. The van der Waals surface area contributed by atoms with E-state index in [0.717, 1.165) is 50.3 Å². The SMILES string of the molecule is O=[N+]([O-])c1ccc(Oc2ccc(-c3ccc(-c4ccc(N(c5ccccc5)c5ccccc5)cc4)c4nsnc34)cc2)c2nonc12. The lowest BCUT2D eigenvalue weighted by atomic mass is 9.97. The summed E-state index contributed by atoms with van der Waals surface area (Å²) in [6.07, 6.45) is 0. The molecule has 0 fully saturated rings. The number of para-hydroxylation sites is 2. The Morgan fingerprint density at radius 1 is 0.596 bits per heavy atom. The standard InChI is InChI=1S/C36H22N6O4S/c43-42(44)31-21-22-32(36-35(31)37-46-38-36)45-28-17-13-24(14-18-28)30-20-19-29(33-34(30)40-47-39-33)23-11-15-27(16-12-23)41(25-7-3-1-4-8-25)26-9-5-2-6-10-26/h1-22H. The molecular weight excluding hydrogens is 613 g/mol. The van der Waals surface area contributed by atoms with E-state index in [1.807, 2.05) is 60.7 Å². The van der Waals surface area contributed by atoms with E-state index < -0.39 is 4.92 Å². The van der Waals surface area contributed by atoms with Gasteiger partial charge in [0.15, 0.2) is 11.3 Å². The maximum atomic E-state index is 11.3. The molecule has 0 unspecified atom stereocenters. The summed E-state index contributed by atoms with van der Waals surface area (Å²) < 4.78 is 20.1. The minimum Gasteiger partial charge on any atom is -0.455 e. The molecule has 11 heteroatoms. The van der Waals surface area contributed by atoms with Crippen LogP contribution in [0.2, 0.25) is 0 Å². The quantitative estimate of drug-likeness (QED) is 0.119. The van der Waals surface area contributed by atoms with Crippen LogP contribution < -0.4 is 9.64 Å². The van der Waals surface area contributed by atoms with Crippen LogP contribution in [0.4, 0.5) is 22.7 Å². The number of aromatic nitrogens is 4. The van der Waals surface area contributed by atoms with E-state index in [9.17, 15) is 10.1 Å². The van der Waals surface area contributed by atoms with Gasteiger partial charge in [-0.2, -0.15) is 8.75 Å². The van der Waals surface area contributed by atoms with Crippen LogP contribution in [0, 0.1) is 10.1 Å². The number of fused-ring (bicyclic) bond motifs is 2. The smallest absolute Gasteiger partial charge is 0.301 e. The molecule has 47 heavy (non-hydrogen) atoms. The zero-order chi connectivity index (χ0) is 31.7. The minimum atomic E-state index is -0.537. The Balaban J connectivity index is 1.08. The number of non-ortho nitro benzene ring substituents is 1. The topological polar surface area (TPSA) is 120 Å². The highest BCUT2D eigenvalue weighted by Gasteiger charge is 2.21. The maximum Gasteiger partial charge on any atom is 0.301 e. The summed E-state index contributed by atoms with van der Waals surface area (Å²) in [7, 11) is 0. The number of rotatable bonds is 8. The van der Waals surface area contributed by atoms with E-state index in [1.54, 1.807) is 0 Å². The number of nitro benzene ring substituents is 1. The van der Waals surface area contributed by atoms with Gasteiger partial charge in [0.05, 0.1) is 16.7 Å². The van der Waals surface area contributed by atoms with Crippen molar-refractivity contribution in [2.45, 2.75) is 0 Å². The molecule has 0 saturated heterocycles. The number of ether oxygens (including phenoxy) is 1. The minimum absolute atomic E-state index is 0.0296. The van der Waals surface area contributed by atoms with Gasteiger partial charge < -0.3 is 9.64 Å². The van der Waals surface area contributed by atoms with E-state index in [1.165, 1.54) is 23.9 Å². The molecule has 0 aliphatic carbocycles. The van der Waals surface area contributed by atoms with Crippen LogP contribution in [0.3, 0.4) is 0 Å². The Kier molecular flexibility index (Phi) is 7.04. The third kappa shape index (κ3) is 5.20. The zero-order valence-electron chi connectivity index (χ0n) is 24.4. The Labute approximate surface area is 271 Å². The molecule has 8 aromatic rings. The molecular formula is C36H22N6O4S. The average Bonchev–Trinajstić information content (AvgIpc) is 3.81. The molecule has 0 bridgehead atoms. The second-order valence-electron chi connectivity index (χ2n) is 10.6. The summed E-state index contributed by atoms with van der Waals surface area (Å²) >= 11 is 1.18. The molecule has 2 aromatic heterocycles. The van der Waals surface area contributed by atoms with Crippen molar-refractivity contribution < 1.29 is 14.3 Å². The van der Waals surface area contributed by atoms with Gasteiger partial charge >= 0.3 is 5.69 Å². The van der Waals surface area contributed by atoms with Gasteiger partial charge in [0.25, 0.3) is 0 Å². The summed E-state index contributed by atoms with van der Waals surface area (Å²) in [5.41, 5.74) is 8.77. The molecule has 2 heterocycles. The van der Waals surface area contributed by atoms with Crippen LogP contribution in [-0.4, -0.2) is 24.0 Å². The molecule has 0 aliphatic heterocycles. The van der Waals surface area contributed by atoms with E-state index >= 15 is 0 Å². The van der Waals surface area contributed by atoms with E-state index in [-0.39, 0.29) is 16.7 Å². The van der Waals surface area contributed by atoms with Crippen molar-refractivity contribution in [2.24, 2.45) is 0 Å². The highest BCUT2D eigenvalue weighted by atomic mass is 32.1. The fourth-order valence-electron chi connectivity index (χ4n) is 5.61. The first-order valence-corrected chi connectivity index (χ1v) is 15.3. The number of hydrogen-bond donors (Lipinski definition) is 0. The first-order valence-electron chi connectivity index (χ1n) is 14.6. The number of anilines is 3. The molecule has 0 N–H and O–H groups in total. The fourth-order valence-corrected chi connectivity index (χ4v) is 6.19. The Morgan fingerprint density at radius 3 is 1.70 bits per heavy atom. The lowest BCUT2D eigenvalue weighted by Gasteiger charge is -2.25. The monoisotopic (exact) mass is 634 g/mol. The molecule has 0 aliphatic rings. The molecule has 0 radical (unpaired) electrons. The number of nitro groups is 1. The summed E-state index contributed by atoms with van der Waals surface area (Å²) in [6, 6.07) is 43.6. The molecule has 10 nitrogen and oxygen atoms in total. The first kappa shape index (κ1) is 28.0. The molecule has 0 atom stereocenters. The summed E-state index contributed by atoms with van der Waals surface area (Å²) in [5.74, 6) is 0.827. The van der Waals surface area contributed by atoms with Crippen molar-refractivity contribution in [3.05, 3.63) is 144 Å². The van der Waals surface area contributed by atoms with Gasteiger partial charge in [0, 0.05) is 34.3 Å².